The van der Waals surface area contributed by atoms with Gasteiger partial charge in [0.05, 0.1) is 0 Å². The van der Waals surface area contributed by atoms with E-state index >= 15 is 0 Å². The predicted molar refractivity (Wildman–Crippen MR) is 57.5 cm³/mol. The summed E-state index contributed by atoms with van der Waals surface area (Å²) >= 11 is 1.55. The van der Waals surface area contributed by atoms with Gasteiger partial charge in [-0.25, -0.2) is 4.79 Å². The van der Waals surface area contributed by atoms with Gasteiger partial charge in [-0.15, -0.1) is 0 Å². The molecule has 0 aliphatic carbocycles. The van der Waals surface area contributed by atoms with Gasteiger partial charge >= 0.3 is 5.97 Å². The van der Waals surface area contributed by atoms with E-state index in [-0.39, 0.29) is 5.91 Å². The highest BCUT2D eigenvalue weighted by atomic mass is 32.2. The lowest BCUT2D eigenvalue weighted by Crippen LogP contribution is -2.42. The zero-order chi connectivity index (χ0) is 11.0. The number of hydrogen-bond acceptors (Lipinski definition) is 3. The Morgan fingerprint density at radius 1 is 1.43 bits per heavy atom. The fourth-order valence-corrected chi connectivity index (χ4v) is 1.73. The summed E-state index contributed by atoms with van der Waals surface area (Å²) in [5, 5.41) is 11.3. The van der Waals surface area contributed by atoms with Crippen molar-refractivity contribution in [3.63, 3.8) is 0 Å². The molecule has 0 saturated heterocycles. The van der Waals surface area contributed by atoms with E-state index < -0.39 is 12.0 Å². The van der Waals surface area contributed by atoms with Crippen LogP contribution in [0.1, 0.15) is 26.7 Å². The molecule has 0 heterocycles. The number of carbonyl (C=O) groups is 2. The first kappa shape index (κ1) is 13.3. The van der Waals surface area contributed by atoms with Gasteiger partial charge in [0.1, 0.15) is 6.04 Å². The number of carboxylic acid groups (broad SMARTS) is 1. The van der Waals surface area contributed by atoms with Crippen LogP contribution in [0.5, 0.6) is 0 Å². The van der Waals surface area contributed by atoms with E-state index in [0.29, 0.717) is 12.2 Å². The summed E-state index contributed by atoms with van der Waals surface area (Å²) < 4.78 is 0. The Bertz CT molecular complexity index is 196. The van der Waals surface area contributed by atoms with Crippen molar-refractivity contribution in [2.75, 3.05) is 11.5 Å². The quantitative estimate of drug-likeness (QED) is 0.629. The van der Waals surface area contributed by atoms with Gasteiger partial charge in [0.2, 0.25) is 5.91 Å². The number of nitrogens with one attached hydrogen (secondary N) is 1. The molecule has 0 aliphatic heterocycles. The third-order valence-electron chi connectivity index (χ3n) is 1.59. The van der Waals surface area contributed by atoms with Crippen LogP contribution < -0.4 is 5.32 Å². The summed E-state index contributed by atoms with van der Waals surface area (Å²) in [5.74, 6) is 0.186. The normalized spacial score (nSPS) is 12.1. The summed E-state index contributed by atoms with van der Waals surface area (Å²) in [5.41, 5.74) is 0. The van der Waals surface area contributed by atoms with Gasteiger partial charge in [-0.05, 0) is 12.2 Å². The minimum Gasteiger partial charge on any atom is -0.480 e. The van der Waals surface area contributed by atoms with Gasteiger partial charge in [0.25, 0.3) is 0 Å². The Labute approximate surface area is 88.4 Å². The fourth-order valence-electron chi connectivity index (χ4n) is 0.817. The van der Waals surface area contributed by atoms with Gasteiger partial charge in [0, 0.05) is 12.2 Å². The van der Waals surface area contributed by atoms with Crippen molar-refractivity contribution >= 4 is 23.6 Å². The van der Waals surface area contributed by atoms with E-state index in [9.17, 15) is 9.59 Å². The number of thioether (sulfide) groups is 1. The van der Waals surface area contributed by atoms with Crippen molar-refractivity contribution in [1.29, 1.82) is 0 Å². The van der Waals surface area contributed by atoms with Crippen LogP contribution in [-0.2, 0) is 9.59 Å². The molecule has 0 bridgehead atoms. The molecule has 0 aliphatic rings. The second kappa shape index (κ2) is 7.67. The van der Waals surface area contributed by atoms with Crippen molar-refractivity contribution in [3.8, 4) is 0 Å². The molecule has 14 heavy (non-hydrogen) atoms. The van der Waals surface area contributed by atoms with Gasteiger partial charge in [-0.2, -0.15) is 11.8 Å². The Balaban J connectivity index is 3.90. The van der Waals surface area contributed by atoms with Crippen molar-refractivity contribution in [1.82, 2.24) is 5.32 Å². The van der Waals surface area contributed by atoms with Gasteiger partial charge in [-0.3, -0.25) is 4.79 Å². The first-order valence-electron chi connectivity index (χ1n) is 4.71. The summed E-state index contributed by atoms with van der Waals surface area (Å²) in [6.45, 7) is 3.74. The molecule has 1 atom stereocenters. The summed E-state index contributed by atoms with van der Waals surface area (Å²) in [6.07, 6.45) is 1.33. The number of carbonyl (C=O) groups excluding carboxylic acids is 1. The average molecular weight is 219 g/mol. The molecule has 0 aromatic rings. The minimum absolute atomic E-state index is 0.213. The molecule has 0 radical (unpaired) electrons. The van der Waals surface area contributed by atoms with Crippen LogP contribution in [0.25, 0.3) is 0 Å². The third-order valence-corrected chi connectivity index (χ3v) is 2.85. The molecule has 82 valence electrons. The molecule has 0 fully saturated rings. The first-order valence-corrected chi connectivity index (χ1v) is 5.87. The maximum absolute atomic E-state index is 11.0. The third kappa shape index (κ3) is 5.85. The Morgan fingerprint density at radius 2 is 2.07 bits per heavy atom. The molecule has 0 saturated carbocycles. The average Bonchev–Trinajstić information content (AvgIpc) is 2.16. The second-order valence-corrected chi connectivity index (χ2v) is 4.04. The maximum atomic E-state index is 11.0. The maximum Gasteiger partial charge on any atom is 0.327 e. The lowest BCUT2D eigenvalue weighted by molar-refractivity contribution is -0.141. The van der Waals surface area contributed by atoms with Gasteiger partial charge in [0.15, 0.2) is 0 Å². The smallest absolute Gasteiger partial charge is 0.327 e. The number of aliphatic carboxylic acids is 1. The lowest BCUT2D eigenvalue weighted by atomic mass is 10.3. The molecule has 1 unspecified atom stereocenters. The van der Waals surface area contributed by atoms with Crippen molar-refractivity contribution < 1.29 is 14.7 Å². The molecule has 2 N–H and O–H groups in total. The standard InChI is InChI=1S/C9H17NO3S/c1-3-5-14-6-7(9(12)13)10-8(11)4-2/h7H,3-6H2,1-2H3,(H,10,11)(H,12,13). The van der Waals surface area contributed by atoms with E-state index in [2.05, 4.69) is 5.32 Å². The molecule has 0 aromatic heterocycles. The minimum atomic E-state index is -0.963. The molecule has 5 heteroatoms. The molecule has 4 nitrogen and oxygen atoms in total. The molecule has 0 aromatic carbocycles. The SMILES string of the molecule is CCCSCC(NC(=O)CC)C(=O)O. The monoisotopic (exact) mass is 219 g/mol. The highest BCUT2D eigenvalue weighted by Gasteiger charge is 2.18. The highest BCUT2D eigenvalue weighted by Crippen LogP contribution is 2.05. The van der Waals surface area contributed by atoms with Crippen LogP contribution in [0, 0.1) is 0 Å². The summed E-state index contributed by atoms with van der Waals surface area (Å²) in [6, 6.07) is -0.751. The van der Waals surface area contributed by atoms with E-state index in [0.717, 1.165) is 12.2 Å². The summed E-state index contributed by atoms with van der Waals surface area (Å²) in [4.78, 5) is 21.7. The zero-order valence-corrected chi connectivity index (χ0v) is 9.39. The number of rotatable bonds is 7. The van der Waals surface area contributed by atoms with E-state index in [1.54, 1.807) is 18.7 Å². The van der Waals surface area contributed by atoms with Crippen LogP contribution in [0.2, 0.25) is 0 Å². The molecule has 0 rings (SSSR count). The molecule has 0 spiro atoms. The molecular formula is C9H17NO3S. The first-order chi connectivity index (χ1) is 6.61. The highest BCUT2D eigenvalue weighted by molar-refractivity contribution is 7.99. The van der Waals surface area contributed by atoms with Gasteiger partial charge in [-0.1, -0.05) is 13.8 Å². The fraction of sp³-hybridized carbons (Fsp3) is 0.778. The van der Waals surface area contributed by atoms with Crippen LogP contribution in [0.4, 0.5) is 0 Å². The van der Waals surface area contributed by atoms with Crippen LogP contribution >= 0.6 is 11.8 Å². The van der Waals surface area contributed by atoms with Crippen LogP contribution in [0.3, 0.4) is 0 Å². The largest absolute Gasteiger partial charge is 0.480 e. The number of carboxylic acids is 1. The second-order valence-electron chi connectivity index (χ2n) is 2.89. The van der Waals surface area contributed by atoms with Crippen molar-refractivity contribution in [3.05, 3.63) is 0 Å². The van der Waals surface area contributed by atoms with Gasteiger partial charge < -0.3 is 10.4 Å². The van der Waals surface area contributed by atoms with Crippen LogP contribution in [-0.4, -0.2) is 34.5 Å². The van der Waals surface area contributed by atoms with Crippen molar-refractivity contribution in [2.24, 2.45) is 0 Å². The van der Waals surface area contributed by atoms with E-state index in [1.807, 2.05) is 6.92 Å². The predicted octanol–water partition coefficient (Wildman–Crippen LogP) is 1.11. The number of amides is 1. The zero-order valence-electron chi connectivity index (χ0n) is 8.58. The Morgan fingerprint density at radius 3 is 2.50 bits per heavy atom. The lowest BCUT2D eigenvalue weighted by Gasteiger charge is -2.13. The van der Waals surface area contributed by atoms with E-state index in [4.69, 9.17) is 5.11 Å². The summed E-state index contributed by atoms with van der Waals surface area (Å²) in [7, 11) is 0. The Kier molecular flexibility index (Phi) is 7.28. The van der Waals surface area contributed by atoms with Crippen molar-refractivity contribution in [2.45, 2.75) is 32.7 Å². The topological polar surface area (TPSA) is 66.4 Å². The molecular weight excluding hydrogens is 202 g/mol. The van der Waals surface area contributed by atoms with E-state index in [1.165, 1.54) is 0 Å². The van der Waals surface area contributed by atoms with Crippen LogP contribution in [0.15, 0.2) is 0 Å². The number of hydrogen-bond donors (Lipinski definition) is 2. The molecule has 1 amide bonds. The Hall–Kier alpha value is -0.710.